The molecule has 0 amide bonds. The molecule has 4 rings (SSSR count). The minimum absolute atomic E-state index is 0.0272. The van der Waals surface area contributed by atoms with Gasteiger partial charge in [0.2, 0.25) is 0 Å². The number of pyridine rings is 1. The SMILES string of the molecule is Cc1cnc(-c2cc(-c3ccc(OC(C)C)c(CO)c3)nc3n[nH]c(C)c23)cn1. The molecule has 0 bridgehead atoms. The van der Waals surface area contributed by atoms with E-state index in [9.17, 15) is 5.11 Å². The zero-order valence-corrected chi connectivity index (χ0v) is 16.9. The van der Waals surface area contributed by atoms with Crippen LogP contribution in [0.1, 0.15) is 30.8 Å². The lowest BCUT2D eigenvalue weighted by molar-refractivity contribution is 0.225. The molecular weight excluding hydrogens is 366 g/mol. The standard InChI is InChI=1S/C22H23N5O2/c1-12(2)29-20-6-5-15(7-16(20)11-28)18-8-17(19-10-23-13(3)9-24-19)21-14(4)26-27-22(21)25-18/h5-10,12,28H,11H2,1-4H3,(H,25,26,27). The maximum absolute atomic E-state index is 9.80. The molecule has 4 aromatic rings. The molecule has 148 valence electrons. The second-order valence-corrected chi connectivity index (χ2v) is 7.29. The summed E-state index contributed by atoms with van der Waals surface area (Å²) in [6.07, 6.45) is 3.54. The zero-order valence-electron chi connectivity index (χ0n) is 16.9. The van der Waals surface area contributed by atoms with E-state index in [1.165, 1.54) is 0 Å². The Kier molecular flexibility index (Phi) is 4.98. The Morgan fingerprint density at radius 1 is 1.07 bits per heavy atom. The molecule has 1 aromatic carbocycles. The molecule has 2 N–H and O–H groups in total. The number of benzene rings is 1. The highest BCUT2D eigenvalue weighted by Crippen LogP contribution is 2.33. The fraction of sp³-hybridized carbons (Fsp3) is 0.273. The van der Waals surface area contributed by atoms with Gasteiger partial charge in [0, 0.05) is 28.6 Å². The van der Waals surface area contributed by atoms with Crippen LogP contribution in [0.2, 0.25) is 0 Å². The Labute approximate surface area is 168 Å². The van der Waals surface area contributed by atoms with Crippen molar-refractivity contribution in [3.63, 3.8) is 0 Å². The molecule has 0 aliphatic rings. The Balaban J connectivity index is 1.88. The minimum atomic E-state index is -0.115. The van der Waals surface area contributed by atoms with Gasteiger partial charge in [0.05, 0.1) is 41.4 Å². The Bertz CT molecular complexity index is 1170. The van der Waals surface area contributed by atoms with Crippen LogP contribution < -0.4 is 4.74 Å². The average molecular weight is 389 g/mol. The van der Waals surface area contributed by atoms with E-state index in [1.807, 2.05) is 52.0 Å². The van der Waals surface area contributed by atoms with Crippen LogP contribution in [0.3, 0.4) is 0 Å². The third kappa shape index (κ3) is 3.69. The first-order chi connectivity index (χ1) is 14.0. The molecule has 0 unspecified atom stereocenters. The van der Waals surface area contributed by atoms with Crippen LogP contribution in [0.15, 0.2) is 36.7 Å². The molecule has 0 saturated heterocycles. The number of aromatic amines is 1. The summed E-state index contributed by atoms with van der Waals surface area (Å²) in [7, 11) is 0. The van der Waals surface area contributed by atoms with Crippen LogP contribution in [0.4, 0.5) is 0 Å². The highest BCUT2D eigenvalue weighted by molar-refractivity contribution is 5.95. The predicted octanol–water partition coefficient (Wildman–Crippen LogP) is 3.98. The monoisotopic (exact) mass is 389 g/mol. The number of aliphatic hydroxyl groups is 1. The van der Waals surface area contributed by atoms with Crippen LogP contribution in [-0.2, 0) is 6.61 Å². The predicted molar refractivity (Wildman–Crippen MR) is 112 cm³/mol. The van der Waals surface area contributed by atoms with Gasteiger partial charge in [-0.1, -0.05) is 0 Å². The molecule has 3 heterocycles. The lowest BCUT2D eigenvalue weighted by Gasteiger charge is -2.14. The van der Waals surface area contributed by atoms with Crippen LogP contribution in [0.25, 0.3) is 33.5 Å². The van der Waals surface area contributed by atoms with Crippen LogP contribution >= 0.6 is 0 Å². The molecule has 7 heteroatoms. The number of ether oxygens (including phenoxy) is 1. The number of H-pyrrole nitrogens is 1. The van der Waals surface area contributed by atoms with Gasteiger partial charge in [-0.25, -0.2) is 4.98 Å². The summed E-state index contributed by atoms with van der Waals surface area (Å²) in [4.78, 5) is 13.6. The van der Waals surface area contributed by atoms with Crippen molar-refractivity contribution in [3.8, 4) is 28.3 Å². The highest BCUT2D eigenvalue weighted by Gasteiger charge is 2.16. The van der Waals surface area contributed by atoms with Crippen molar-refractivity contribution in [2.24, 2.45) is 0 Å². The van der Waals surface area contributed by atoms with E-state index >= 15 is 0 Å². The highest BCUT2D eigenvalue weighted by atomic mass is 16.5. The lowest BCUT2D eigenvalue weighted by atomic mass is 10.0. The van der Waals surface area contributed by atoms with Gasteiger partial charge in [-0.3, -0.25) is 15.1 Å². The van der Waals surface area contributed by atoms with Crippen molar-refractivity contribution < 1.29 is 9.84 Å². The summed E-state index contributed by atoms with van der Waals surface area (Å²) in [6.45, 7) is 7.67. The second kappa shape index (κ2) is 7.60. The largest absolute Gasteiger partial charge is 0.491 e. The number of nitrogens with zero attached hydrogens (tertiary/aromatic N) is 4. The smallest absolute Gasteiger partial charge is 0.182 e. The molecule has 7 nitrogen and oxygen atoms in total. The maximum Gasteiger partial charge on any atom is 0.182 e. The summed E-state index contributed by atoms with van der Waals surface area (Å²) in [6, 6.07) is 7.70. The quantitative estimate of drug-likeness (QED) is 0.536. The van der Waals surface area contributed by atoms with Crippen molar-refractivity contribution >= 4 is 11.0 Å². The maximum atomic E-state index is 9.80. The third-order valence-corrected chi connectivity index (χ3v) is 4.65. The summed E-state index contributed by atoms with van der Waals surface area (Å²) < 4.78 is 5.79. The average Bonchev–Trinajstić information content (AvgIpc) is 3.09. The number of rotatable bonds is 5. The van der Waals surface area contributed by atoms with Crippen molar-refractivity contribution in [2.75, 3.05) is 0 Å². The molecule has 0 spiro atoms. The number of aliphatic hydroxyl groups excluding tert-OH is 1. The van der Waals surface area contributed by atoms with Crippen LogP contribution in [0, 0.1) is 13.8 Å². The molecular formula is C22H23N5O2. The normalized spacial score (nSPS) is 11.4. The molecule has 0 aliphatic carbocycles. The van der Waals surface area contributed by atoms with Crippen LogP contribution in [-0.4, -0.2) is 36.4 Å². The van der Waals surface area contributed by atoms with Crippen molar-refractivity contribution in [1.29, 1.82) is 0 Å². The van der Waals surface area contributed by atoms with E-state index in [4.69, 9.17) is 9.72 Å². The Morgan fingerprint density at radius 2 is 1.90 bits per heavy atom. The first-order valence-electron chi connectivity index (χ1n) is 9.52. The Morgan fingerprint density at radius 3 is 2.59 bits per heavy atom. The zero-order chi connectivity index (χ0) is 20.5. The van der Waals surface area contributed by atoms with Gasteiger partial charge in [-0.2, -0.15) is 5.10 Å². The van der Waals surface area contributed by atoms with Gasteiger partial charge in [0.15, 0.2) is 5.65 Å². The van der Waals surface area contributed by atoms with Crippen molar-refractivity contribution in [3.05, 3.63) is 53.6 Å². The number of hydrogen-bond donors (Lipinski definition) is 2. The number of aryl methyl sites for hydroxylation is 2. The van der Waals surface area contributed by atoms with Gasteiger partial charge >= 0.3 is 0 Å². The van der Waals surface area contributed by atoms with E-state index < -0.39 is 0 Å². The fourth-order valence-electron chi connectivity index (χ4n) is 3.29. The molecule has 0 saturated carbocycles. The summed E-state index contributed by atoms with van der Waals surface area (Å²) in [5.74, 6) is 0.674. The molecule has 0 atom stereocenters. The summed E-state index contributed by atoms with van der Waals surface area (Å²) >= 11 is 0. The Hall–Kier alpha value is -3.32. The van der Waals surface area contributed by atoms with Gasteiger partial charge in [0.25, 0.3) is 0 Å². The lowest BCUT2D eigenvalue weighted by Crippen LogP contribution is -2.07. The van der Waals surface area contributed by atoms with Crippen molar-refractivity contribution in [2.45, 2.75) is 40.4 Å². The molecule has 0 radical (unpaired) electrons. The van der Waals surface area contributed by atoms with Gasteiger partial charge in [-0.15, -0.1) is 0 Å². The molecule has 0 fully saturated rings. The van der Waals surface area contributed by atoms with Crippen molar-refractivity contribution in [1.82, 2.24) is 25.1 Å². The van der Waals surface area contributed by atoms with E-state index in [1.54, 1.807) is 12.4 Å². The topological polar surface area (TPSA) is 96.8 Å². The molecule has 3 aromatic heterocycles. The van der Waals surface area contributed by atoms with Gasteiger partial charge in [0.1, 0.15) is 5.75 Å². The molecule has 0 aliphatic heterocycles. The summed E-state index contributed by atoms with van der Waals surface area (Å²) in [5.41, 5.74) is 6.40. The van der Waals surface area contributed by atoms with Gasteiger partial charge < -0.3 is 9.84 Å². The van der Waals surface area contributed by atoms with Crippen LogP contribution in [0.5, 0.6) is 5.75 Å². The third-order valence-electron chi connectivity index (χ3n) is 4.65. The first kappa shape index (κ1) is 19.0. The van der Waals surface area contributed by atoms with E-state index in [2.05, 4.69) is 20.2 Å². The number of fused-ring (bicyclic) bond motifs is 1. The van der Waals surface area contributed by atoms with E-state index in [0.29, 0.717) is 17.0 Å². The minimum Gasteiger partial charge on any atom is -0.491 e. The fourth-order valence-corrected chi connectivity index (χ4v) is 3.29. The van der Waals surface area contributed by atoms with E-state index in [0.717, 1.165) is 39.3 Å². The second-order valence-electron chi connectivity index (χ2n) is 7.29. The van der Waals surface area contributed by atoms with E-state index in [-0.39, 0.29) is 12.7 Å². The van der Waals surface area contributed by atoms with Gasteiger partial charge in [-0.05, 0) is 52.0 Å². The number of aromatic nitrogens is 5. The first-order valence-corrected chi connectivity index (χ1v) is 9.52. The summed E-state index contributed by atoms with van der Waals surface area (Å²) in [5, 5.41) is 18.1. The molecule has 29 heavy (non-hydrogen) atoms. The number of nitrogens with one attached hydrogen (secondary N) is 1. The number of hydrogen-bond acceptors (Lipinski definition) is 6.